The van der Waals surface area contributed by atoms with E-state index in [0.717, 1.165) is 31.3 Å². The van der Waals surface area contributed by atoms with Crippen molar-refractivity contribution in [3.8, 4) is 5.75 Å². The smallest absolute Gasteiger partial charge is 0.191 e. The van der Waals surface area contributed by atoms with E-state index in [4.69, 9.17) is 4.74 Å². The molecule has 2 rings (SSSR count). The standard InChI is InChI=1S/C22H38N4O.HI/c1-5-14-26-15-11-20(12-16-26)25-22(23-4)24-13-10-19-6-8-21(9-7-19)27-17-18(2)3;/h6-9,18,20H,5,10-17H2,1-4H3,(H2,23,24,25);1H. The Hall–Kier alpha value is -1.02. The minimum atomic E-state index is 0. The molecule has 160 valence electrons. The van der Waals surface area contributed by atoms with Crippen molar-refractivity contribution in [3.05, 3.63) is 29.8 Å². The van der Waals surface area contributed by atoms with Crippen LogP contribution in [-0.2, 0) is 6.42 Å². The van der Waals surface area contributed by atoms with Crippen molar-refractivity contribution in [2.45, 2.75) is 52.5 Å². The number of rotatable bonds is 9. The monoisotopic (exact) mass is 502 g/mol. The molecule has 28 heavy (non-hydrogen) atoms. The average Bonchev–Trinajstić information content (AvgIpc) is 2.68. The van der Waals surface area contributed by atoms with Gasteiger partial charge in [0.2, 0.25) is 0 Å². The fourth-order valence-electron chi connectivity index (χ4n) is 3.35. The predicted octanol–water partition coefficient (Wildman–Crippen LogP) is 3.92. The van der Waals surface area contributed by atoms with Crippen LogP contribution in [0.5, 0.6) is 5.75 Å². The number of piperidine rings is 1. The molecule has 1 aromatic carbocycles. The Bertz CT molecular complexity index is 554. The van der Waals surface area contributed by atoms with Crippen LogP contribution in [0.2, 0.25) is 0 Å². The minimum absolute atomic E-state index is 0. The molecule has 0 aromatic heterocycles. The molecule has 0 radical (unpaired) electrons. The number of ether oxygens (including phenoxy) is 1. The maximum Gasteiger partial charge on any atom is 0.191 e. The Labute approximate surface area is 188 Å². The Kier molecular flexibility index (Phi) is 12.5. The van der Waals surface area contributed by atoms with Crippen LogP contribution in [0.4, 0.5) is 0 Å². The summed E-state index contributed by atoms with van der Waals surface area (Å²) in [6.45, 7) is 11.8. The summed E-state index contributed by atoms with van der Waals surface area (Å²) in [5, 5.41) is 7.03. The SMILES string of the molecule is CCCN1CCC(NC(=NC)NCCc2ccc(OCC(C)C)cc2)CC1.I. The van der Waals surface area contributed by atoms with Gasteiger partial charge in [0, 0.05) is 32.7 Å². The van der Waals surface area contributed by atoms with E-state index in [9.17, 15) is 0 Å². The second-order valence-electron chi connectivity index (χ2n) is 7.86. The Morgan fingerprint density at radius 2 is 1.89 bits per heavy atom. The van der Waals surface area contributed by atoms with Gasteiger partial charge in [-0.15, -0.1) is 24.0 Å². The van der Waals surface area contributed by atoms with Gasteiger partial charge in [0.1, 0.15) is 5.75 Å². The van der Waals surface area contributed by atoms with E-state index >= 15 is 0 Å². The van der Waals surface area contributed by atoms with Gasteiger partial charge >= 0.3 is 0 Å². The van der Waals surface area contributed by atoms with Gasteiger partial charge in [-0.05, 0) is 55.8 Å². The highest BCUT2D eigenvalue weighted by molar-refractivity contribution is 14.0. The van der Waals surface area contributed by atoms with Gasteiger partial charge in [0.25, 0.3) is 0 Å². The number of hydrogen-bond donors (Lipinski definition) is 2. The van der Waals surface area contributed by atoms with Crippen LogP contribution >= 0.6 is 24.0 Å². The highest BCUT2D eigenvalue weighted by Gasteiger charge is 2.19. The molecule has 0 amide bonds. The van der Waals surface area contributed by atoms with Gasteiger partial charge in [0.05, 0.1) is 6.61 Å². The number of hydrogen-bond acceptors (Lipinski definition) is 3. The van der Waals surface area contributed by atoms with Crippen molar-refractivity contribution in [1.29, 1.82) is 0 Å². The molecule has 1 aliphatic rings. The van der Waals surface area contributed by atoms with Gasteiger partial charge in [-0.3, -0.25) is 4.99 Å². The summed E-state index contributed by atoms with van der Waals surface area (Å²) in [4.78, 5) is 6.94. The molecule has 1 saturated heterocycles. The van der Waals surface area contributed by atoms with Crippen molar-refractivity contribution < 1.29 is 4.74 Å². The van der Waals surface area contributed by atoms with Crippen molar-refractivity contribution in [2.75, 3.05) is 39.8 Å². The van der Waals surface area contributed by atoms with E-state index in [-0.39, 0.29) is 24.0 Å². The lowest BCUT2D eigenvalue weighted by molar-refractivity contribution is 0.206. The zero-order valence-corrected chi connectivity index (χ0v) is 20.4. The molecule has 1 aromatic rings. The number of likely N-dealkylation sites (tertiary alicyclic amines) is 1. The van der Waals surface area contributed by atoms with Gasteiger partial charge in [-0.1, -0.05) is 32.9 Å². The number of nitrogens with zero attached hydrogens (tertiary/aromatic N) is 2. The third-order valence-corrected chi connectivity index (χ3v) is 4.90. The van der Waals surface area contributed by atoms with Crippen molar-refractivity contribution in [1.82, 2.24) is 15.5 Å². The lowest BCUT2D eigenvalue weighted by atomic mass is 10.1. The van der Waals surface area contributed by atoms with Gasteiger partial charge in [0.15, 0.2) is 5.96 Å². The molecular weight excluding hydrogens is 463 g/mol. The summed E-state index contributed by atoms with van der Waals surface area (Å²) in [5.41, 5.74) is 1.31. The average molecular weight is 502 g/mol. The van der Waals surface area contributed by atoms with Gasteiger partial charge in [-0.25, -0.2) is 0 Å². The molecule has 0 aliphatic carbocycles. The first kappa shape index (κ1) is 25.0. The molecule has 0 unspecified atom stereocenters. The number of benzene rings is 1. The van der Waals surface area contributed by atoms with Crippen LogP contribution < -0.4 is 15.4 Å². The first-order chi connectivity index (χ1) is 13.1. The third-order valence-electron chi connectivity index (χ3n) is 4.90. The van der Waals surface area contributed by atoms with E-state index in [0.29, 0.717) is 12.0 Å². The second kappa shape index (κ2) is 14.0. The molecule has 0 spiro atoms. The Morgan fingerprint density at radius 1 is 1.21 bits per heavy atom. The highest BCUT2D eigenvalue weighted by atomic mass is 127. The highest BCUT2D eigenvalue weighted by Crippen LogP contribution is 2.13. The van der Waals surface area contributed by atoms with Crippen LogP contribution in [-0.4, -0.2) is 56.7 Å². The van der Waals surface area contributed by atoms with E-state index < -0.39 is 0 Å². The fraction of sp³-hybridized carbons (Fsp3) is 0.682. The van der Waals surface area contributed by atoms with E-state index in [1.807, 2.05) is 7.05 Å². The first-order valence-corrected chi connectivity index (χ1v) is 10.5. The maximum atomic E-state index is 5.74. The summed E-state index contributed by atoms with van der Waals surface area (Å²) in [6, 6.07) is 8.96. The summed E-state index contributed by atoms with van der Waals surface area (Å²) >= 11 is 0. The largest absolute Gasteiger partial charge is 0.493 e. The van der Waals surface area contributed by atoms with Crippen LogP contribution in [0.3, 0.4) is 0 Å². The van der Waals surface area contributed by atoms with E-state index in [1.165, 1.54) is 44.5 Å². The van der Waals surface area contributed by atoms with Gasteiger partial charge < -0.3 is 20.3 Å². The summed E-state index contributed by atoms with van der Waals surface area (Å²) in [7, 11) is 1.85. The van der Waals surface area contributed by atoms with Crippen LogP contribution in [0.25, 0.3) is 0 Å². The predicted molar refractivity (Wildman–Crippen MR) is 130 cm³/mol. The van der Waals surface area contributed by atoms with Crippen LogP contribution in [0.15, 0.2) is 29.3 Å². The van der Waals surface area contributed by atoms with Gasteiger partial charge in [-0.2, -0.15) is 0 Å². The summed E-state index contributed by atoms with van der Waals surface area (Å²) < 4.78 is 5.74. The summed E-state index contributed by atoms with van der Waals surface area (Å²) in [6.07, 6.45) is 4.60. The summed E-state index contributed by atoms with van der Waals surface area (Å²) in [5.74, 6) is 2.42. The number of halogens is 1. The van der Waals surface area contributed by atoms with Crippen molar-refractivity contribution in [3.63, 3.8) is 0 Å². The normalized spacial score (nSPS) is 16.0. The number of aliphatic imine (C=N–C) groups is 1. The minimum Gasteiger partial charge on any atom is -0.493 e. The molecule has 0 bridgehead atoms. The zero-order valence-electron chi connectivity index (χ0n) is 18.0. The molecule has 2 N–H and O–H groups in total. The number of nitrogens with one attached hydrogen (secondary N) is 2. The maximum absolute atomic E-state index is 5.74. The molecule has 0 atom stereocenters. The van der Waals surface area contributed by atoms with Crippen molar-refractivity contribution >= 4 is 29.9 Å². The fourth-order valence-corrected chi connectivity index (χ4v) is 3.35. The molecular formula is C22H39IN4O. The molecule has 0 saturated carbocycles. The lowest BCUT2D eigenvalue weighted by Crippen LogP contribution is -2.49. The third kappa shape index (κ3) is 9.45. The quantitative estimate of drug-likeness (QED) is 0.306. The topological polar surface area (TPSA) is 48.9 Å². The lowest BCUT2D eigenvalue weighted by Gasteiger charge is -2.32. The first-order valence-electron chi connectivity index (χ1n) is 10.5. The van der Waals surface area contributed by atoms with Crippen LogP contribution in [0.1, 0.15) is 45.6 Å². The molecule has 6 heteroatoms. The second-order valence-corrected chi connectivity index (χ2v) is 7.86. The zero-order chi connectivity index (χ0) is 19.5. The molecule has 1 fully saturated rings. The van der Waals surface area contributed by atoms with Crippen LogP contribution in [0, 0.1) is 5.92 Å². The van der Waals surface area contributed by atoms with Crippen molar-refractivity contribution in [2.24, 2.45) is 10.9 Å². The van der Waals surface area contributed by atoms with E-state index in [2.05, 4.69) is 65.6 Å². The number of guanidine groups is 1. The molecule has 1 heterocycles. The molecule has 1 aliphatic heterocycles. The van der Waals surface area contributed by atoms with E-state index in [1.54, 1.807) is 0 Å². The Morgan fingerprint density at radius 3 is 2.46 bits per heavy atom. The Balaban J connectivity index is 0.00000392. The molecule has 5 nitrogen and oxygen atoms in total.